The van der Waals surface area contributed by atoms with E-state index in [4.69, 9.17) is 0 Å². The van der Waals surface area contributed by atoms with Crippen LogP contribution < -0.4 is 5.32 Å². The van der Waals surface area contributed by atoms with E-state index in [0.29, 0.717) is 32.5 Å². The third-order valence-corrected chi connectivity index (χ3v) is 8.45. The quantitative estimate of drug-likeness (QED) is 0.749. The lowest BCUT2D eigenvalue weighted by atomic mass is 10.2. The number of rotatable bonds is 2. The average Bonchev–Trinajstić information content (AvgIpc) is 2.44. The molecule has 0 aliphatic carbocycles. The van der Waals surface area contributed by atoms with E-state index in [1.165, 1.54) is 4.31 Å². The van der Waals surface area contributed by atoms with Gasteiger partial charge in [0, 0.05) is 26.2 Å². The summed E-state index contributed by atoms with van der Waals surface area (Å²) >= 11 is 0. The smallest absolute Gasteiger partial charge is 0.218 e. The van der Waals surface area contributed by atoms with Crippen molar-refractivity contribution in [3.63, 3.8) is 0 Å². The molecule has 8 heteroatoms. The summed E-state index contributed by atoms with van der Waals surface area (Å²) in [5.74, 6) is 0.194. The van der Waals surface area contributed by atoms with Gasteiger partial charge in [0.25, 0.3) is 0 Å². The summed E-state index contributed by atoms with van der Waals surface area (Å²) in [6, 6.07) is 0. The SMILES string of the molecule is CC1CNCCN(CC2CCCCS2(=O)=O)S1(=O)=O. The van der Waals surface area contributed by atoms with E-state index in [1.807, 2.05) is 0 Å². The Morgan fingerprint density at radius 2 is 1.95 bits per heavy atom. The third-order valence-electron chi connectivity index (χ3n) is 3.96. The Bertz CT molecular complexity index is 515. The molecule has 2 aliphatic heterocycles. The van der Waals surface area contributed by atoms with E-state index >= 15 is 0 Å². The first-order valence-corrected chi connectivity index (χ1v) is 9.97. The Hall–Kier alpha value is -0.180. The van der Waals surface area contributed by atoms with Crippen molar-refractivity contribution in [3.05, 3.63) is 0 Å². The van der Waals surface area contributed by atoms with Gasteiger partial charge in [-0.05, 0) is 19.8 Å². The Morgan fingerprint density at radius 1 is 1.21 bits per heavy atom. The molecule has 1 N–H and O–H groups in total. The van der Waals surface area contributed by atoms with E-state index in [1.54, 1.807) is 6.92 Å². The molecule has 112 valence electrons. The fourth-order valence-corrected chi connectivity index (χ4v) is 6.18. The highest BCUT2D eigenvalue weighted by atomic mass is 32.2. The molecule has 2 unspecified atom stereocenters. The van der Waals surface area contributed by atoms with Crippen LogP contribution in [0.25, 0.3) is 0 Å². The number of nitrogens with one attached hydrogen (secondary N) is 1. The number of sulfonamides is 1. The van der Waals surface area contributed by atoms with Gasteiger partial charge in [-0.2, -0.15) is 4.31 Å². The molecule has 0 bridgehead atoms. The standard InChI is InChI=1S/C11H22N2O4S2/c1-10-8-12-5-6-13(19(10,16)17)9-11-4-2-3-7-18(11,14)15/h10-12H,2-9H2,1H3. The second kappa shape index (κ2) is 5.67. The zero-order valence-corrected chi connectivity index (χ0v) is 12.8. The molecule has 0 radical (unpaired) electrons. The Balaban J connectivity index is 2.16. The maximum atomic E-state index is 12.3. The van der Waals surface area contributed by atoms with Crippen LogP contribution in [0.2, 0.25) is 0 Å². The number of sulfone groups is 1. The lowest BCUT2D eigenvalue weighted by Gasteiger charge is -2.29. The molecule has 19 heavy (non-hydrogen) atoms. The van der Waals surface area contributed by atoms with E-state index in [2.05, 4.69) is 5.32 Å². The summed E-state index contributed by atoms with van der Waals surface area (Å²) < 4.78 is 50.0. The minimum Gasteiger partial charge on any atom is -0.314 e. The van der Waals surface area contributed by atoms with Gasteiger partial charge in [-0.25, -0.2) is 16.8 Å². The molecule has 2 fully saturated rings. The van der Waals surface area contributed by atoms with Gasteiger partial charge < -0.3 is 5.32 Å². The maximum absolute atomic E-state index is 12.3. The first-order valence-electron chi connectivity index (χ1n) is 6.75. The molecule has 0 amide bonds. The van der Waals surface area contributed by atoms with Gasteiger partial charge in [0.15, 0.2) is 9.84 Å². The first-order chi connectivity index (χ1) is 8.84. The van der Waals surface area contributed by atoms with Gasteiger partial charge >= 0.3 is 0 Å². The van der Waals surface area contributed by atoms with Crippen molar-refractivity contribution in [3.8, 4) is 0 Å². The third kappa shape index (κ3) is 3.29. The van der Waals surface area contributed by atoms with Crippen LogP contribution in [0.15, 0.2) is 0 Å². The van der Waals surface area contributed by atoms with E-state index in [-0.39, 0.29) is 12.3 Å². The lowest BCUT2D eigenvalue weighted by Crippen LogP contribution is -2.45. The minimum atomic E-state index is -3.38. The van der Waals surface area contributed by atoms with Gasteiger partial charge in [0.1, 0.15) is 0 Å². The molecule has 0 aromatic carbocycles. The van der Waals surface area contributed by atoms with Crippen LogP contribution in [-0.4, -0.2) is 63.6 Å². The molecule has 0 aromatic heterocycles. The summed E-state index contributed by atoms with van der Waals surface area (Å²) in [4.78, 5) is 0. The fraction of sp³-hybridized carbons (Fsp3) is 1.00. The molecular formula is C11H22N2O4S2. The predicted molar refractivity (Wildman–Crippen MR) is 74.3 cm³/mol. The average molecular weight is 310 g/mol. The first kappa shape index (κ1) is 15.2. The highest BCUT2D eigenvalue weighted by Crippen LogP contribution is 2.22. The van der Waals surface area contributed by atoms with E-state index in [9.17, 15) is 16.8 Å². The van der Waals surface area contributed by atoms with Crippen LogP contribution in [0.4, 0.5) is 0 Å². The van der Waals surface area contributed by atoms with Crippen molar-refractivity contribution in [1.29, 1.82) is 0 Å². The molecular weight excluding hydrogens is 288 g/mol. The molecule has 2 saturated heterocycles. The summed E-state index contributed by atoms with van der Waals surface area (Å²) in [6.45, 7) is 3.15. The molecule has 6 nitrogen and oxygen atoms in total. The molecule has 2 aliphatic rings. The fourth-order valence-electron chi connectivity index (χ4n) is 2.64. The molecule has 0 saturated carbocycles. The number of hydrogen-bond acceptors (Lipinski definition) is 5. The second-order valence-corrected chi connectivity index (χ2v) is 10.2. The molecule has 2 rings (SSSR count). The summed E-state index contributed by atoms with van der Waals surface area (Å²) in [5.41, 5.74) is 0. The van der Waals surface area contributed by atoms with Crippen molar-refractivity contribution in [2.24, 2.45) is 0 Å². The van der Waals surface area contributed by atoms with Crippen molar-refractivity contribution >= 4 is 19.9 Å². The maximum Gasteiger partial charge on any atom is 0.218 e. The monoisotopic (exact) mass is 310 g/mol. The molecule has 2 atom stereocenters. The highest BCUT2D eigenvalue weighted by molar-refractivity contribution is 7.92. The van der Waals surface area contributed by atoms with E-state index < -0.39 is 30.4 Å². The zero-order chi connectivity index (χ0) is 14.1. The Kier molecular flexibility index (Phi) is 4.54. The Morgan fingerprint density at radius 3 is 2.63 bits per heavy atom. The summed E-state index contributed by atoms with van der Waals surface area (Å²) in [5, 5.41) is 2.04. The highest BCUT2D eigenvalue weighted by Gasteiger charge is 2.36. The zero-order valence-electron chi connectivity index (χ0n) is 11.2. The number of hydrogen-bond donors (Lipinski definition) is 1. The summed E-state index contributed by atoms with van der Waals surface area (Å²) in [7, 11) is -6.51. The minimum absolute atomic E-state index is 0.122. The van der Waals surface area contributed by atoms with Crippen LogP contribution in [0.5, 0.6) is 0 Å². The Labute approximate surface area is 115 Å². The van der Waals surface area contributed by atoms with Crippen molar-refractivity contribution in [2.45, 2.75) is 36.7 Å². The van der Waals surface area contributed by atoms with Crippen LogP contribution >= 0.6 is 0 Å². The van der Waals surface area contributed by atoms with Gasteiger partial charge in [0.2, 0.25) is 10.0 Å². The van der Waals surface area contributed by atoms with Crippen molar-refractivity contribution in [1.82, 2.24) is 9.62 Å². The van der Waals surface area contributed by atoms with Crippen molar-refractivity contribution in [2.75, 3.05) is 31.9 Å². The van der Waals surface area contributed by atoms with Gasteiger partial charge in [-0.1, -0.05) is 6.42 Å². The topological polar surface area (TPSA) is 83.6 Å². The molecule has 0 spiro atoms. The lowest BCUT2D eigenvalue weighted by molar-refractivity contribution is 0.396. The predicted octanol–water partition coefficient (Wildman–Crippen LogP) is -0.423. The number of nitrogens with zero attached hydrogens (tertiary/aromatic N) is 1. The van der Waals surface area contributed by atoms with Crippen LogP contribution in [-0.2, 0) is 19.9 Å². The van der Waals surface area contributed by atoms with Crippen LogP contribution in [0, 0.1) is 0 Å². The van der Waals surface area contributed by atoms with Crippen LogP contribution in [0.1, 0.15) is 26.2 Å². The van der Waals surface area contributed by atoms with Crippen LogP contribution in [0.3, 0.4) is 0 Å². The van der Waals surface area contributed by atoms with Gasteiger partial charge in [-0.15, -0.1) is 0 Å². The van der Waals surface area contributed by atoms with Gasteiger partial charge in [-0.3, -0.25) is 0 Å². The van der Waals surface area contributed by atoms with Crippen molar-refractivity contribution < 1.29 is 16.8 Å². The molecule has 2 heterocycles. The summed E-state index contributed by atoms with van der Waals surface area (Å²) in [6.07, 6.45) is 2.14. The van der Waals surface area contributed by atoms with E-state index in [0.717, 1.165) is 6.42 Å². The largest absolute Gasteiger partial charge is 0.314 e. The van der Waals surface area contributed by atoms with Gasteiger partial charge in [0.05, 0.1) is 16.3 Å². The second-order valence-electron chi connectivity index (χ2n) is 5.40. The normalized spacial score (nSPS) is 35.6. The molecule has 0 aromatic rings.